The van der Waals surface area contributed by atoms with E-state index >= 15 is 0 Å². The smallest absolute Gasteiger partial charge is 0.261 e. The van der Waals surface area contributed by atoms with E-state index in [2.05, 4.69) is 10.3 Å². The molecule has 1 aromatic carbocycles. The summed E-state index contributed by atoms with van der Waals surface area (Å²) in [4.78, 5) is 42.6. The quantitative estimate of drug-likeness (QED) is 0.762. The van der Waals surface area contributed by atoms with Gasteiger partial charge in [0.1, 0.15) is 11.3 Å². The van der Waals surface area contributed by atoms with Crippen LogP contribution in [-0.2, 0) is 6.42 Å². The van der Waals surface area contributed by atoms with Crippen molar-refractivity contribution in [1.29, 1.82) is 0 Å². The number of hydrogen-bond donors (Lipinski definition) is 2. The molecule has 1 atom stereocenters. The van der Waals surface area contributed by atoms with Gasteiger partial charge in [0.25, 0.3) is 11.5 Å². The number of nitrogens with one attached hydrogen (secondary N) is 2. The van der Waals surface area contributed by atoms with Crippen LogP contribution in [-0.4, -0.2) is 49.3 Å². The zero-order chi connectivity index (χ0) is 22.1. The molecule has 1 amide bonds. The van der Waals surface area contributed by atoms with Gasteiger partial charge in [-0.2, -0.15) is 0 Å². The molecular formula is C23H29N3O4. The van der Waals surface area contributed by atoms with Crippen LogP contribution in [0.2, 0.25) is 0 Å². The van der Waals surface area contributed by atoms with Gasteiger partial charge in [0.05, 0.1) is 13.2 Å². The summed E-state index contributed by atoms with van der Waals surface area (Å²) >= 11 is 0. The maximum atomic E-state index is 12.8. The van der Waals surface area contributed by atoms with E-state index in [-0.39, 0.29) is 29.3 Å². The van der Waals surface area contributed by atoms with Crippen molar-refractivity contribution >= 4 is 11.7 Å². The van der Waals surface area contributed by atoms with Crippen molar-refractivity contribution in [2.24, 2.45) is 5.41 Å². The summed E-state index contributed by atoms with van der Waals surface area (Å²) in [7, 11) is 5.43. The van der Waals surface area contributed by atoms with Crippen LogP contribution in [0.1, 0.15) is 58.3 Å². The molecule has 0 saturated heterocycles. The Labute approximate surface area is 176 Å². The molecule has 1 unspecified atom stereocenters. The highest BCUT2D eigenvalue weighted by molar-refractivity contribution is 6.02. The van der Waals surface area contributed by atoms with E-state index < -0.39 is 11.5 Å². The topological polar surface area (TPSA) is 91.5 Å². The Kier molecular flexibility index (Phi) is 6.12. The lowest BCUT2D eigenvalue weighted by Gasteiger charge is -2.30. The first-order chi connectivity index (χ1) is 14.1. The number of fused-ring (bicyclic) bond motifs is 1. The van der Waals surface area contributed by atoms with Gasteiger partial charge in [-0.05, 0) is 38.1 Å². The van der Waals surface area contributed by atoms with Crippen LogP contribution in [0.5, 0.6) is 5.75 Å². The van der Waals surface area contributed by atoms with E-state index in [0.29, 0.717) is 24.1 Å². The number of benzene rings is 1. The fourth-order valence-corrected chi connectivity index (χ4v) is 3.99. The van der Waals surface area contributed by atoms with Crippen LogP contribution in [0.4, 0.5) is 0 Å². The summed E-state index contributed by atoms with van der Waals surface area (Å²) in [5.74, 6) is 0.176. The Morgan fingerprint density at radius 3 is 2.60 bits per heavy atom. The van der Waals surface area contributed by atoms with Gasteiger partial charge in [0, 0.05) is 29.8 Å². The molecule has 30 heavy (non-hydrogen) atoms. The molecular weight excluding hydrogens is 382 g/mol. The largest absolute Gasteiger partial charge is 0.496 e. The highest BCUT2D eigenvalue weighted by Crippen LogP contribution is 2.33. The molecule has 7 nitrogen and oxygen atoms in total. The molecule has 0 aliphatic heterocycles. The van der Waals surface area contributed by atoms with Gasteiger partial charge in [-0.15, -0.1) is 0 Å². The van der Waals surface area contributed by atoms with Gasteiger partial charge in [0.2, 0.25) is 0 Å². The average Bonchev–Trinajstić information content (AvgIpc) is 2.66. The third kappa shape index (κ3) is 4.46. The lowest BCUT2D eigenvalue weighted by Crippen LogP contribution is -2.38. The highest BCUT2D eigenvalue weighted by atomic mass is 16.5. The average molecular weight is 412 g/mol. The SMILES string of the molecule is COc1ccccc1C(CNC(=O)c1cc2c([nH]c1=O)CC(C)(C)CC2=O)N(C)C. The Bertz CT molecular complexity index is 1020. The van der Waals surface area contributed by atoms with Gasteiger partial charge in [-0.1, -0.05) is 32.0 Å². The number of ketones is 1. The molecule has 0 saturated carbocycles. The van der Waals surface area contributed by atoms with Crippen LogP contribution in [0.15, 0.2) is 35.1 Å². The van der Waals surface area contributed by atoms with Gasteiger partial charge in [0.15, 0.2) is 5.78 Å². The molecule has 2 N–H and O–H groups in total. The molecule has 0 radical (unpaired) electrons. The molecule has 1 aliphatic carbocycles. The number of pyridine rings is 1. The lowest BCUT2D eigenvalue weighted by molar-refractivity contribution is 0.0910. The number of hydrogen-bond acceptors (Lipinski definition) is 5. The van der Waals surface area contributed by atoms with Crippen LogP contribution in [0.25, 0.3) is 0 Å². The summed E-state index contributed by atoms with van der Waals surface area (Å²) < 4.78 is 5.45. The summed E-state index contributed by atoms with van der Waals surface area (Å²) in [6.45, 7) is 4.27. The zero-order valence-corrected chi connectivity index (χ0v) is 18.2. The Hall–Kier alpha value is -2.93. The Morgan fingerprint density at radius 2 is 1.93 bits per heavy atom. The highest BCUT2D eigenvalue weighted by Gasteiger charge is 2.32. The number of Topliss-reactive ketones (excluding diaryl/α,β-unsaturated/α-hetero) is 1. The number of nitrogens with zero attached hydrogens (tertiary/aromatic N) is 1. The first-order valence-electron chi connectivity index (χ1n) is 10.00. The molecule has 0 bridgehead atoms. The van der Waals surface area contributed by atoms with Crippen LogP contribution in [0.3, 0.4) is 0 Å². The normalized spacial score (nSPS) is 16.1. The maximum absolute atomic E-state index is 12.8. The molecule has 0 spiro atoms. The molecule has 1 aliphatic rings. The van der Waals surface area contributed by atoms with Gasteiger partial charge in [-0.25, -0.2) is 0 Å². The Morgan fingerprint density at radius 1 is 1.23 bits per heavy atom. The summed E-state index contributed by atoms with van der Waals surface area (Å²) in [5.41, 5.74) is 1.26. The van der Waals surface area contributed by atoms with Crippen LogP contribution >= 0.6 is 0 Å². The molecule has 3 rings (SSSR count). The predicted octanol–water partition coefficient (Wildman–Crippen LogP) is 2.57. The first kappa shape index (κ1) is 21.8. The number of aromatic nitrogens is 1. The van der Waals surface area contributed by atoms with Crippen molar-refractivity contribution in [2.75, 3.05) is 27.7 Å². The van der Waals surface area contributed by atoms with Crippen molar-refractivity contribution in [3.63, 3.8) is 0 Å². The van der Waals surface area contributed by atoms with E-state index in [1.807, 2.05) is 57.1 Å². The molecule has 1 aromatic heterocycles. The standard InChI is InChI=1S/C23H29N3O4/c1-23(2)11-17-15(19(27)12-23)10-16(22(29)25-17)21(28)24-13-18(26(3)4)14-8-6-7-9-20(14)30-5/h6-10,18H,11-13H2,1-5H3,(H,24,28)(H,25,29). The number of carbonyl (C=O) groups excluding carboxylic acids is 2. The second kappa shape index (κ2) is 8.44. The van der Waals surface area contributed by atoms with E-state index in [1.165, 1.54) is 6.07 Å². The van der Waals surface area contributed by atoms with E-state index in [0.717, 1.165) is 11.3 Å². The van der Waals surface area contributed by atoms with E-state index in [4.69, 9.17) is 4.74 Å². The molecule has 0 fully saturated rings. The second-order valence-corrected chi connectivity index (χ2v) is 8.78. The van der Waals surface area contributed by atoms with Crippen molar-refractivity contribution in [2.45, 2.75) is 32.7 Å². The van der Waals surface area contributed by atoms with Crippen molar-refractivity contribution in [3.8, 4) is 5.75 Å². The predicted molar refractivity (Wildman–Crippen MR) is 115 cm³/mol. The molecule has 2 aromatic rings. The maximum Gasteiger partial charge on any atom is 0.261 e. The number of rotatable bonds is 6. The monoisotopic (exact) mass is 411 g/mol. The number of para-hydroxylation sites is 1. The number of aromatic amines is 1. The van der Waals surface area contributed by atoms with Gasteiger partial charge < -0.3 is 19.9 Å². The number of likely N-dealkylation sites (N-methyl/N-ethyl adjacent to an activating group) is 1. The first-order valence-corrected chi connectivity index (χ1v) is 10.00. The molecule has 160 valence electrons. The van der Waals surface area contributed by atoms with E-state index in [1.54, 1.807) is 7.11 Å². The third-order valence-corrected chi connectivity index (χ3v) is 5.54. The van der Waals surface area contributed by atoms with Gasteiger partial charge in [-0.3, -0.25) is 14.4 Å². The number of methoxy groups -OCH3 is 1. The third-order valence-electron chi connectivity index (χ3n) is 5.54. The molecule has 1 heterocycles. The summed E-state index contributed by atoms with van der Waals surface area (Å²) in [6.07, 6.45) is 0.991. The minimum atomic E-state index is -0.501. The summed E-state index contributed by atoms with van der Waals surface area (Å²) in [6, 6.07) is 8.91. The number of carbonyl (C=O) groups is 2. The number of H-pyrrole nitrogens is 1. The Balaban J connectivity index is 1.83. The summed E-state index contributed by atoms with van der Waals surface area (Å²) in [5, 5.41) is 2.84. The van der Waals surface area contributed by atoms with Crippen molar-refractivity contribution < 1.29 is 14.3 Å². The fourth-order valence-electron chi connectivity index (χ4n) is 3.99. The zero-order valence-electron chi connectivity index (χ0n) is 18.2. The second-order valence-electron chi connectivity index (χ2n) is 8.78. The molecule has 7 heteroatoms. The fraction of sp³-hybridized carbons (Fsp3) is 0.435. The van der Waals surface area contributed by atoms with Gasteiger partial charge >= 0.3 is 0 Å². The van der Waals surface area contributed by atoms with Crippen LogP contribution in [0, 0.1) is 5.41 Å². The van der Waals surface area contributed by atoms with E-state index in [9.17, 15) is 14.4 Å². The minimum Gasteiger partial charge on any atom is -0.496 e. The lowest BCUT2D eigenvalue weighted by atomic mass is 9.75. The number of ether oxygens (including phenoxy) is 1. The van der Waals surface area contributed by atoms with Crippen LogP contribution < -0.4 is 15.6 Å². The minimum absolute atomic E-state index is 0.0423. The number of amides is 1. The van der Waals surface area contributed by atoms with Crippen molar-refractivity contribution in [1.82, 2.24) is 15.2 Å². The van der Waals surface area contributed by atoms with Crippen molar-refractivity contribution in [3.05, 3.63) is 63.1 Å².